The van der Waals surface area contributed by atoms with Gasteiger partial charge >= 0.3 is 0 Å². The molecule has 3 aliphatic rings. The Balaban J connectivity index is 1.77. The quantitative estimate of drug-likeness (QED) is 0.453. The first-order valence-electron chi connectivity index (χ1n) is 9.93. The van der Waals surface area contributed by atoms with Gasteiger partial charge in [-0.3, -0.25) is 0 Å². The Hall–Kier alpha value is -3.38. The summed E-state index contributed by atoms with van der Waals surface area (Å²) in [6, 6.07) is 12.5. The number of ether oxygens (including phenoxy) is 2. The second kappa shape index (κ2) is 5.83. The summed E-state index contributed by atoms with van der Waals surface area (Å²) < 4.78 is 12.0. The van der Waals surface area contributed by atoms with Crippen LogP contribution in [0.2, 0.25) is 0 Å². The zero-order valence-corrected chi connectivity index (χ0v) is 16.2. The minimum Gasteiger partial charge on any atom is -0.507 e. The molecule has 6 heteroatoms. The molecule has 6 nitrogen and oxygen atoms in total. The normalized spacial score (nSPS) is 24.9. The number of aliphatic hydroxyl groups is 1. The Morgan fingerprint density at radius 2 is 1.73 bits per heavy atom. The highest BCUT2D eigenvalue weighted by Crippen LogP contribution is 2.66. The molecule has 0 aromatic heterocycles. The molecule has 0 fully saturated rings. The van der Waals surface area contributed by atoms with Gasteiger partial charge in [-0.1, -0.05) is 24.3 Å². The third-order valence-electron chi connectivity index (χ3n) is 6.79. The summed E-state index contributed by atoms with van der Waals surface area (Å²) in [4.78, 5) is 0. The van der Waals surface area contributed by atoms with Crippen LogP contribution in [0.15, 0.2) is 42.5 Å². The topological polar surface area (TPSA) is 99.4 Å². The average Bonchev–Trinajstić information content (AvgIpc) is 2.75. The van der Waals surface area contributed by atoms with Crippen LogP contribution in [0.3, 0.4) is 0 Å². The average molecular weight is 404 g/mol. The summed E-state index contributed by atoms with van der Waals surface area (Å²) in [5, 5.41) is 42.8. The minimum atomic E-state index is -0.876. The van der Waals surface area contributed by atoms with E-state index in [4.69, 9.17) is 9.47 Å². The van der Waals surface area contributed by atoms with Crippen LogP contribution in [0.25, 0.3) is 11.1 Å². The van der Waals surface area contributed by atoms with E-state index in [9.17, 15) is 20.4 Å². The minimum absolute atomic E-state index is 0.0307. The summed E-state index contributed by atoms with van der Waals surface area (Å²) >= 11 is 0. The molecular formula is C24H20O6. The molecule has 3 aromatic rings. The van der Waals surface area contributed by atoms with Crippen LogP contribution in [-0.4, -0.2) is 27.5 Å². The number of aromatic hydroxyl groups is 3. The summed E-state index contributed by atoms with van der Waals surface area (Å²) in [6.07, 6.45) is -0.858. The fourth-order valence-corrected chi connectivity index (χ4v) is 5.64. The third kappa shape index (κ3) is 2.01. The van der Waals surface area contributed by atoms with E-state index in [1.54, 1.807) is 6.07 Å². The highest BCUT2D eigenvalue weighted by atomic mass is 16.5. The summed E-state index contributed by atoms with van der Waals surface area (Å²) in [6.45, 7) is 0. The van der Waals surface area contributed by atoms with Crippen LogP contribution in [-0.2, 0) is 0 Å². The lowest BCUT2D eigenvalue weighted by Crippen LogP contribution is -2.36. The second-order valence-electron chi connectivity index (χ2n) is 8.16. The molecule has 0 amide bonds. The van der Waals surface area contributed by atoms with Crippen LogP contribution < -0.4 is 9.47 Å². The Morgan fingerprint density at radius 3 is 2.53 bits per heavy atom. The van der Waals surface area contributed by atoms with E-state index in [1.165, 1.54) is 19.2 Å². The predicted molar refractivity (Wildman–Crippen MR) is 108 cm³/mol. The van der Waals surface area contributed by atoms with E-state index in [1.807, 2.05) is 24.3 Å². The molecule has 0 unspecified atom stereocenters. The molecule has 1 heterocycles. The molecule has 1 aliphatic heterocycles. The first kappa shape index (κ1) is 17.5. The van der Waals surface area contributed by atoms with Crippen molar-refractivity contribution in [2.75, 3.05) is 7.11 Å². The van der Waals surface area contributed by atoms with Crippen LogP contribution in [0, 0.1) is 0 Å². The maximum absolute atomic E-state index is 11.0. The second-order valence-corrected chi connectivity index (χ2v) is 8.16. The largest absolute Gasteiger partial charge is 0.507 e. The molecule has 3 aromatic carbocycles. The zero-order chi connectivity index (χ0) is 20.7. The number of para-hydroxylation sites is 1. The summed E-state index contributed by atoms with van der Waals surface area (Å²) in [5.41, 5.74) is 3.91. The van der Waals surface area contributed by atoms with Crippen molar-refractivity contribution >= 4 is 0 Å². The lowest BCUT2D eigenvalue weighted by Gasteiger charge is -2.48. The molecule has 4 atom stereocenters. The zero-order valence-electron chi connectivity index (χ0n) is 16.2. The number of hydrogen-bond acceptors (Lipinski definition) is 6. The van der Waals surface area contributed by atoms with Gasteiger partial charge in [-0.05, 0) is 29.7 Å². The van der Waals surface area contributed by atoms with Gasteiger partial charge in [-0.25, -0.2) is 0 Å². The first-order valence-corrected chi connectivity index (χ1v) is 9.93. The molecule has 0 bridgehead atoms. The van der Waals surface area contributed by atoms with Gasteiger partial charge in [0.25, 0.3) is 0 Å². The SMILES string of the molecule is COc1cc(O)c2c3c1-c1c(ccc(O)c1O)[C@@H]1Oc4ccccc4[C@@H](C[C@H]2O)[C@@H]31. The van der Waals surface area contributed by atoms with E-state index in [-0.39, 0.29) is 29.1 Å². The number of fused-ring (bicyclic) bond motifs is 5. The van der Waals surface area contributed by atoms with Gasteiger partial charge in [0, 0.05) is 40.2 Å². The highest BCUT2D eigenvalue weighted by Gasteiger charge is 2.51. The molecule has 6 rings (SSSR count). The Labute approximate surface area is 172 Å². The maximum atomic E-state index is 11.0. The predicted octanol–water partition coefficient (Wildman–Crippen LogP) is 4.23. The van der Waals surface area contributed by atoms with Gasteiger partial charge in [-0.2, -0.15) is 0 Å². The van der Waals surface area contributed by atoms with Gasteiger partial charge in [-0.15, -0.1) is 0 Å². The fraction of sp³-hybridized carbons (Fsp3) is 0.250. The smallest absolute Gasteiger partial charge is 0.165 e. The van der Waals surface area contributed by atoms with Gasteiger partial charge in [0.2, 0.25) is 0 Å². The number of benzene rings is 3. The molecule has 0 spiro atoms. The van der Waals surface area contributed by atoms with E-state index in [0.29, 0.717) is 34.4 Å². The third-order valence-corrected chi connectivity index (χ3v) is 6.79. The molecule has 2 aliphatic carbocycles. The first-order chi connectivity index (χ1) is 14.5. The van der Waals surface area contributed by atoms with Crippen LogP contribution >= 0.6 is 0 Å². The lowest BCUT2D eigenvalue weighted by molar-refractivity contribution is 0.0782. The Kier molecular flexibility index (Phi) is 3.40. The number of hydrogen-bond donors (Lipinski definition) is 4. The Morgan fingerprint density at radius 1 is 0.933 bits per heavy atom. The number of phenolic OH excluding ortho intramolecular Hbond substituents is 3. The number of rotatable bonds is 1. The van der Waals surface area contributed by atoms with Crippen molar-refractivity contribution in [1.29, 1.82) is 0 Å². The van der Waals surface area contributed by atoms with Gasteiger partial charge in [0.15, 0.2) is 11.5 Å². The molecule has 0 saturated carbocycles. The fourth-order valence-electron chi connectivity index (χ4n) is 5.64. The van der Waals surface area contributed by atoms with Gasteiger partial charge in [0.1, 0.15) is 23.4 Å². The van der Waals surface area contributed by atoms with Crippen LogP contribution in [0.4, 0.5) is 0 Å². The van der Waals surface area contributed by atoms with Crippen molar-refractivity contribution in [3.63, 3.8) is 0 Å². The van der Waals surface area contributed by atoms with Crippen molar-refractivity contribution in [3.05, 3.63) is 64.7 Å². The van der Waals surface area contributed by atoms with Crippen molar-refractivity contribution in [2.45, 2.75) is 30.5 Å². The number of phenols is 3. The Bertz CT molecular complexity index is 1220. The van der Waals surface area contributed by atoms with E-state index in [0.717, 1.165) is 16.9 Å². The molecule has 0 radical (unpaired) electrons. The molecular weight excluding hydrogens is 384 g/mol. The summed E-state index contributed by atoms with van der Waals surface area (Å²) in [5.74, 6) is 0.350. The molecule has 4 N–H and O–H groups in total. The molecule has 0 saturated heterocycles. The van der Waals surface area contributed by atoms with E-state index in [2.05, 4.69) is 0 Å². The summed E-state index contributed by atoms with van der Waals surface area (Å²) in [7, 11) is 1.49. The number of methoxy groups -OCH3 is 1. The van der Waals surface area contributed by atoms with Crippen molar-refractivity contribution in [2.24, 2.45) is 0 Å². The van der Waals surface area contributed by atoms with Crippen molar-refractivity contribution in [3.8, 4) is 39.9 Å². The standard InChI is InChI=1S/C24H20O6/c1-29-17-9-15(27)20-14(26)8-12-10-4-2-3-5-16(10)30-24-11-6-7-13(25)23(28)18(11)21(17)22(20)19(12)24/h2-7,9,12,14,19,24-28H,8H2,1H3/t12-,14-,19+,24+/m1/s1. The van der Waals surface area contributed by atoms with Crippen molar-refractivity contribution < 1.29 is 29.9 Å². The maximum Gasteiger partial charge on any atom is 0.165 e. The van der Waals surface area contributed by atoms with E-state index < -0.39 is 12.2 Å². The van der Waals surface area contributed by atoms with E-state index >= 15 is 0 Å². The lowest BCUT2D eigenvalue weighted by atomic mass is 9.61. The van der Waals surface area contributed by atoms with Gasteiger partial charge < -0.3 is 29.9 Å². The van der Waals surface area contributed by atoms with Crippen LogP contribution in [0.1, 0.15) is 52.7 Å². The number of aliphatic hydroxyl groups excluding tert-OH is 1. The van der Waals surface area contributed by atoms with Gasteiger partial charge in [0.05, 0.1) is 13.2 Å². The van der Waals surface area contributed by atoms with Crippen molar-refractivity contribution in [1.82, 2.24) is 0 Å². The molecule has 30 heavy (non-hydrogen) atoms. The highest BCUT2D eigenvalue weighted by molar-refractivity contribution is 5.88. The monoisotopic (exact) mass is 404 g/mol. The molecule has 152 valence electrons. The van der Waals surface area contributed by atoms with Crippen LogP contribution in [0.5, 0.6) is 28.7 Å².